The summed E-state index contributed by atoms with van der Waals surface area (Å²) in [6, 6.07) is 21.5. The normalized spacial score (nSPS) is 19.7. The topological polar surface area (TPSA) is 49.4 Å². The van der Waals surface area contributed by atoms with Gasteiger partial charge in [-0.25, -0.2) is 4.39 Å². The van der Waals surface area contributed by atoms with Crippen molar-refractivity contribution >= 4 is 23.1 Å². The molecule has 2 aliphatic rings. The number of amides is 1. The van der Waals surface area contributed by atoms with E-state index in [2.05, 4.69) is 29.6 Å². The van der Waals surface area contributed by atoms with E-state index in [0.717, 1.165) is 28.2 Å². The number of anilines is 2. The van der Waals surface area contributed by atoms with E-state index >= 15 is 0 Å². The van der Waals surface area contributed by atoms with Crippen molar-refractivity contribution in [2.45, 2.75) is 45.1 Å². The average Bonchev–Trinajstić information content (AvgIpc) is 2.99. The number of allylic oxidation sites excluding steroid dienone is 1. The predicted octanol–water partition coefficient (Wildman–Crippen LogP) is 6.44. The second-order valence-electron chi connectivity index (χ2n) is 9.04. The third kappa shape index (κ3) is 3.92. The van der Waals surface area contributed by atoms with Crippen LogP contribution in [0.4, 0.5) is 15.8 Å². The molecule has 3 aromatic carbocycles. The molecule has 34 heavy (non-hydrogen) atoms. The summed E-state index contributed by atoms with van der Waals surface area (Å²) < 4.78 is 13.8. The van der Waals surface area contributed by atoms with Crippen LogP contribution >= 0.6 is 0 Å². The summed E-state index contributed by atoms with van der Waals surface area (Å²) in [5.74, 6) is -0.386. The van der Waals surface area contributed by atoms with Crippen LogP contribution in [0.15, 0.2) is 84.1 Å². The van der Waals surface area contributed by atoms with Gasteiger partial charge in [-0.2, -0.15) is 0 Å². The zero-order valence-corrected chi connectivity index (χ0v) is 19.3. The minimum absolute atomic E-state index is 0.00959. The van der Waals surface area contributed by atoms with Crippen LogP contribution in [-0.4, -0.2) is 11.7 Å². The van der Waals surface area contributed by atoms with Gasteiger partial charge in [-0.3, -0.25) is 14.5 Å². The molecule has 0 radical (unpaired) electrons. The maximum Gasteiger partial charge on any atom is 0.227 e. The number of carbonyl (C=O) groups excluding carboxylic acids is 2. The first-order valence-corrected chi connectivity index (χ1v) is 11.7. The van der Waals surface area contributed by atoms with E-state index in [-0.39, 0.29) is 29.8 Å². The van der Waals surface area contributed by atoms with Crippen LogP contribution in [0.5, 0.6) is 0 Å². The molecular formula is C29H27FN2O2. The Labute approximate surface area is 199 Å². The van der Waals surface area contributed by atoms with Gasteiger partial charge in [0.15, 0.2) is 5.78 Å². The van der Waals surface area contributed by atoms with E-state index in [1.165, 1.54) is 17.7 Å². The molecule has 0 spiro atoms. The quantitative estimate of drug-likeness (QED) is 0.495. The third-order valence-electron chi connectivity index (χ3n) is 6.79. The number of Topliss-reactive ketones (excluding diaryl/α,β-unsaturated/α-hetero) is 1. The molecule has 1 aliphatic heterocycles. The van der Waals surface area contributed by atoms with Crippen LogP contribution < -0.4 is 10.2 Å². The molecule has 1 aliphatic carbocycles. The minimum atomic E-state index is -0.620. The van der Waals surface area contributed by atoms with Crippen LogP contribution in [0.3, 0.4) is 0 Å². The molecule has 0 saturated heterocycles. The van der Waals surface area contributed by atoms with E-state index < -0.39 is 6.04 Å². The molecule has 3 aromatic rings. The number of ketones is 1. The van der Waals surface area contributed by atoms with Gasteiger partial charge in [-0.15, -0.1) is 0 Å². The summed E-state index contributed by atoms with van der Waals surface area (Å²) in [4.78, 5) is 28.8. The van der Waals surface area contributed by atoms with Crippen molar-refractivity contribution in [1.82, 2.24) is 0 Å². The number of rotatable bonds is 3. The summed E-state index contributed by atoms with van der Waals surface area (Å²) in [6.45, 7) is 3.86. The first-order valence-electron chi connectivity index (χ1n) is 11.7. The number of halogens is 1. The molecule has 1 heterocycles. The highest BCUT2D eigenvalue weighted by Gasteiger charge is 2.41. The van der Waals surface area contributed by atoms with Crippen molar-refractivity contribution in [3.8, 4) is 0 Å². The van der Waals surface area contributed by atoms with Gasteiger partial charge in [0.2, 0.25) is 5.91 Å². The van der Waals surface area contributed by atoms with Crippen molar-refractivity contribution in [1.29, 1.82) is 0 Å². The van der Waals surface area contributed by atoms with Crippen molar-refractivity contribution in [2.75, 3.05) is 10.2 Å². The molecule has 4 nitrogen and oxygen atoms in total. The Hall–Kier alpha value is -3.73. The van der Waals surface area contributed by atoms with Crippen LogP contribution in [0.25, 0.3) is 0 Å². The number of nitrogens with one attached hydrogen (secondary N) is 1. The molecule has 0 unspecified atom stereocenters. The van der Waals surface area contributed by atoms with Gasteiger partial charge in [0.25, 0.3) is 0 Å². The minimum Gasteiger partial charge on any atom is -0.357 e. The molecule has 5 heteroatoms. The number of hydrogen-bond acceptors (Lipinski definition) is 3. The summed E-state index contributed by atoms with van der Waals surface area (Å²) in [5, 5.41) is 3.51. The van der Waals surface area contributed by atoms with Crippen molar-refractivity contribution in [3.05, 3.63) is 107 Å². The monoisotopic (exact) mass is 454 g/mol. The smallest absolute Gasteiger partial charge is 0.227 e. The first-order chi connectivity index (χ1) is 16.5. The maximum atomic E-state index is 13.8. The Morgan fingerprint density at radius 1 is 0.971 bits per heavy atom. The second kappa shape index (κ2) is 8.90. The average molecular weight is 455 g/mol. The Kier molecular flexibility index (Phi) is 5.78. The van der Waals surface area contributed by atoms with Gasteiger partial charge in [-0.1, -0.05) is 61.0 Å². The second-order valence-corrected chi connectivity index (χ2v) is 9.04. The molecule has 172 valence electrons. The fourth-order valence-corrected chi connectivity index (χ4v) is 5.07. The molecule has 0 fully saturated rings. The molecular weight excluding hydrogens is 427 g/mol. The zero-order valence-electron chi connectivity index (χ0n) is 19.3. The molecule has 1 N–H and O–H groups in total. The van der Waals surface area contributed by atoms with E-state index in [4.69, 9.17) is 0 Å². The fourth-order valence-electron chi connectivity index (χ4n) is 5.07. The number of aryl methyl sites for hydroxylation is 1. The lowest BCUT2D eigenvalue weighted by Crippen LogP contribution is -2.38. The lowest BCUT2D eigenvalue weighted by Gasteiger charge is -2.35. The van der Waals surface area contributed by atoms with Crippen molar-refractivity contribution in [3.63, 3.8) is 0 Å². The number of hydrogen-bond donors (Lipinski definition) is 1. The number of fused-ring (bicyclic) bond motifs is 1. The molecule has 1 amide bonds. The number of benzene rings is 3. The lowest BCUT2D eigenvalue weighted by molar-refractivity contribution is -0.119. The van der Waals surface area contributed by atoms with Gasteiger partial charge in [0, 0.05) is 24.1 Å². The van der Waals surface area contributed by atoms with Gasteiger partial charge in [0.1, 0.15) is 5.82 Å². The Morgan fingerprint density at radius 3 is 2.35 bits per heavy atom. The first kappa shape index (κ1) is 22.1. The number of nitrogens with zero attached hydrogens (tertiary/aromatic N) is 1. The van der Waals surface area contributed by atoms with E-state index in [1.54, 1.807) is 17.0 Å². The Bertz CT molecular complexity index is 1280. The zero-order chi connectivity index (χ0) is 23.8. The highest BCUT2D eigenvalue weighted by Crippen LogP contribution is 2.47. The van der Waals surface area contributed by atoms with Crippen LogP contribution in [0.2, 0.25) is 0 Å². The predicted molar refractivity (Wildman–Crippen MR) is 132 cm³/mol. The van der Waals surface area contributed by atoms with Gasteiger partial charge in [-0.05, 0) is 54.7 Å². The van der Waals surface area contributed by atoms with Crippen molar-refractivity contribution in [2.24, 2.45) is 0 Å². The number of para-hydroxylation sites is 2. The SMILES string of the molecule is CCC(=O)N1c2ccccc2NC2=C(C(=O)C[C@@H](c3ccc(C)cc3)C2)[C@@H]1c1ccc(F)cc1. The molecule has 0 saturated carbocycles. The standard InChI is InChI=1S/C29H27FN2O2/c1-3-27(34)32-25-7-5-4-6-23(25)31-24-16-21(19-10-8-18(2)9-11-19)17-26(33)28(24)29(32)20-12-14-22(30)15-13-20/h4-15,21,29,31H,3,16-17H2,1-2H3/t21-,29-/m0/s1. The van der Waals surface area contributed by atoms with Crippen molar-refractivity contribution < 1.29 is 14.0 Å². The number of carbonyl (C=O) groups is 2. The van der Waals surface area contributed by atoms with E-state index in [9.17, 15) is 14.0 Å². The summed E-state index contributed by atoms with van der Waals surface area (Å²) in [6.07, 6.45) is 1.31. The summed E-state index contributed by atoms with van der Waals surface area (Å²) in [5.41, 5.74) is 5.96. The van der Waals surface area contributed by atoms with Gasteiger partial charge < -0.3 is 5.32 Å². The largest absolute Gasteiger partial charge is 0.357 e. The third-order valence-corrected chi connectivity index (χ3v) is 6.79. The van der Waals surface area contributed by atoms with Gasteiger partial charge >= 0.3 is 0 Å². The van der Waals surface area contributed by atoms with Crippen LogP contribution in [0.1, 0.15) is 54.8 Å². The summed E-state index contributed by atoms with van der Waals surface area (Å²) in [7, 11) is 0. The summed E-state index contributed by atoms with van der Waals surface area (Å²) >= 11 is 0. The lowest BCUT2D eigenvalue weighted by atomic mass is 9.78. The Morgan fingerprint density at radius 2 is 1.65 bits per heavy atom. The molecule has 0 aromatic heterocycles. The molecule has 2 atom stereocenters. The highest BCUT2D eigenvalue weighted by atomic mass is 19.1. The highest BCUT2D eigenvalue weighted by molar-refractivity contribution is 6.06. The van der Waals surface area contributed by atoms with Crippen LogP contribution in [0, 0.1) is 12.7 Å². The fraction of sp³-hybridized carbons (Fsp3) is 0.241. The maximum absolute atomic E-state index is 13.8. The molecule has 5 rings (SSSR count). The Balaban J connectivity index is 1.69. The van der Waals surface area contributed by atoms with Crippen LogP contribution in [-0.2, 0) is 9.59 Å². The molecule has 0 bridgehead atoms. The van der Waals surface area contributed by atoms with E-state index in [0.29, 0.717) is 18.4 Å². The van der Waals surface area contributed by atoms with Gasteiger partial charge in [0.05, 0.1) is 17.4 Å². The van der Waals surface area contributed by atoms with E-state index in [1.807, 2.05) is 38.1 Å².